The average molecular weight is 323 g/mol. The summed E-state index contributed by atoms with van der Waals surface area (Å²) in [5.74, 6) is -0.389. The highest BCUT2D eigenvalue weighted by molar-refractivity contribution is 5.78. The van der Waals surface area contributed by atoms with Crippen LogP contribution in [-0.4, -0.2) is 27.6 Å². The van der Waals surface area contributed by atoms with Crippen LogP contribution >= 0.6 is 0 Å². The van der Waals surface area contributed by atoms with Gasteiger partial charge in [-0.2, -0.15) is 5.10 Å². The number of carbonyl (C=O) groups is 1. The van der Waals surface area contributed by atoms with Crippen molar-refractivity contribution in [2.45, 2.75) is 13.0 Å². The number of rotatable bonds is 5. The third-order valence-corrected chi connectivity index (χ3v) is 3.75. The van der Waals surface area contributed by atoms with E-state index in [1.165, 1.54) is 12.1 Å². The Kier molecular flexibility index (Phi) is 4.70. The van der Waals surface area contributed by atoms with Crippen LogP contribution in [0.5, 0.6) is 0 Å². The van der Waals surface area contributed by atoms with Gasteiger partial charge in [0.2, 0.25) is 5.91 Å². The zero-order valence-corrected chi connectivity index (χ0v) is 13.4. The molecule has 0 unspecified atom stereocenters. The van der Waals surface area contributed by atoms with Gasteiger partial charge in [-0.3, -0.25) is 4.79 Å². The van der Waals surface area contributed by atoms with Gasteiger partial charge in [0.05, 0.1) is 18.3 Å². The van der Waals surface area contributed by atoms with E-state index in [9.17, 15) is 9.18 Å². The molecule has 3 rings (SSSR count). The van der Waals surface area contributed by atoms with Gasteiger partial charge in [-0.25, -0.2) is 9.07 Å². The molecule has 0 N–H and O–H groups in total. The molecular weight excluding hydrogens is 305 g/mol. The number of benzene rings is 2. The predicted octanol–water partition coefficient (Wildman–Crippen LogP) is 3.21. The molecule has 1 aromatic heterocycles. The van der Waals surface area contributed by atoms with E-state index in [4.69, 9.17) is 0 Å². The minimum atomic E-state index is -0.327. The van der Waals surface area contributed by atoms with E-state index in [-0.39, 0.29) is 18.1 Å². The highest BCUT2D eigenvalue weighted by atomic mass is 19.1. The van der Waals surface area contributed by atoms with Crippen LogP contribution in [-0.2, 0) is 17.8 Å². The van der Waals surface area contributed by atoms with Crippen LogP contribution in [0.4, 0.5) is 4.39 Å². The standard InChI is InChI=1S/C19H18FN3O/c1-22(19(24)11-15-6-5-7-17(20)10-15)13-16-12-21-23(14-16)18-8-3-2-4-9-18/h2-10,12,14H,11,13H2,1H3. The number of carbonyl (C=O) groups excluding carboxylic acids is 1. The Hall–Kier alpha value is -2.95. The van der Waals surface area contributed by atoms with Crippen molar-refractivity contribution in [1.29, 1.82) is 0 Å². The van der Waals surface area contributed by atoms with Crippen molar-refractivity contribution in [3.05, 3.63) is 83.9 Å². The largest absolute Gasteiger partial charge is 0.341 e. The zero-order chi connectivity index (χ0) is 16.9. The van der Waals surface area contributed by atoms with Gasteiger partial charge in [0.15, 0.2) is 0 Å². The lowest BCUT2D eigenvalue weighted by atomic mass is 10.1. The fourth-order valence-corrected chi connectivity index (χ4v) is 2.48. The first-order valence-corrected chi connectivity index (χ1v) is 7.69. The number of halogens is 1. The van der Waals surface area contributed by atoms with Crippen LogP contribution in [0.15, 0.2) is 67.0 Å². The van der Waals surface area contributed by atoms with Gasteiger partial charge >= 0.3 is 0 Å². The minimum Gasteiger partial charge on any atom is -0.341 e. The van der Waals surface area contributed by atoms with Crippen LogP contribution < -0.4 is 0 Å². The molecule has 1 amide bonds. The Labute approximate surface area is 140 Å². The van der Waals surface area contributed by atoms with Gasteiger partial charge in [0, 0.05) is 25.4 Å². The van der Waals surface area contributed by atoms with Crippen LogP contribution in [0.25, 0.3) is 5.69 Å². The van der Waals surface area contributed by atoms with E-state index in [1.54, 1.807) is 35.0 Å². The molecule has 3 aromatic rings. The molecule has 4 nitrogen and oxygen atoms in total. The van der Waals surface area contributed by atoms with E-state index in [1.807, 2.05) is 36.5 Å². The summed E-state index contributed by atoms with van der Waals surface area (Å²) >= 11 is 0. The Balaban J connectivity index is 1.63. The maximum Gasteiger partial charge on any atom is 0.227 e. The topological polar surface area (TPSA) is 38.1 Å². The fourth-order valence-electron chi connectivity index (χ4n) is 2.48. The van der Waals surface area contributed by atoms with Crippen LogP contribution in [0.1, 0.15) is 11.1 Å². The Morgan fingerprint density at radius 1 is 1.12 bits per heavy atom. The first-order valence-electron chi connectivity index (χ1n) is 7.69. The molecule has 0 spiro atoms. The first kappa shape index (κ1) is 15.9. The molecule has 0 atom stereocenters. The Bertz CT molecular complexity index is 829. The maximum absolute atomic E-state index is 13.2. The van der Waals surface area contributed by atoms with Crippen molar-refractivity contribution in [2.75, 3.05) is 7.05 Å². The number of likely N-dealkylation sites (N-methyl/N-ethyl adjacent to an activating group) is 1. The second-order valence-electron chi connectivity index (χ2n) is 5.69. The number of aromatic nitrogens is 2. The van der Waals surface area contributed by atoms with E-state index >= 15 is 0 Å². The van der Waals surface area contributed by atoms with E-state index < -0.39 is 0 Å². The van der Waals surface area contributed by atoms with Gasteiger partial charge in [-0.15, -0.1) is 0 Å². The molecule has 24 heavy (non-hydrogen) atoms. The SMILES string of the molecule is CN(Cc1cnn(-c2ccccc2)c1)C(=O)Cc1cccc(F)c1. The summed E-state index contributed by atoms with van der Waals surface area (Å²) in [6, 6.07) is 15.9. The third-order valence-electron chi connectivity index (χ3n) is 3.75. The first-order chi connectivity index (χ1) is 11.6. The lowest BCUT2D eigenvalue weighted by molar-refractivity contribution is -0.129. The zero-order valence-electron chi connectivity index (χ0n) is 13.4. The monoisotopic (exact) mass is 323 g/mol. The number of hydrogen-bond acceptors (Lipinski definition) is 2. The second-order valence-corrected chi connectivity index (χ2v) is 5.69. The highest BCUT2D eigenvalue weighted by Crippen LogP contribution is 2.11. The molecule has 0 aliphatic heterocycles. The van der Waals surface area contributed by atoms with Crippen LogP contribution in [0.3, 0.4) is 0 Å². The lowest BCUT2D eigenvalue weighted by Crippen LogP contribution is -2.27. The van der Waals surface area contributed by atoms with Crippen molar-refractivity contribution >= 4 is 5.91 Å². The van der Waals surface area contributed by atoms with E-state index in [2.05, 4.69) is 5.10 Å². The molecule has 2 aromatic carbocycles. The summed E-state index contributed by atoms with van der Waals surface area (Å²) in [5, 5.41) is 4.32. The van der Waals surface area contributed by atoms with Gasteiger partial charge in [0.25, 0.3) is 0 Å². The van der Waals surface area contributed by atoms with Gasteiger partial charge in [-0.1, -0.05) is 30.3 Å². The molecule has 0 bridgehead atoms. The molecule has 1 heterocycles. The average Bonchev–Trinajstić information content (AvgIpc) is 3.04. The Morgan fingerprint density at radius 2 is 1.92 bits per heavy atom. The summed E-state index contributed by atoms with van der Waals surface area (Å²) < 4.78 is 15.0. The van der Waals surface area contributed by atoms with Crippen LogP contribution in [0.2, 0.25) is 0 Å². The smallest absolute Gasteiger partial charge is 0.227 e. The third kappa shape index (κ3) is 3.87. The number of amides is 1. The normalized spacial score (nSPS) is 10.6. The summed E-state index contributed by atoms with van der Waals surface area (Å²) in [6.07, 6.45) is 3.83. The molecule has 0 fully saturated rings. The van der Waals surface area contributed by atoms with E-state index in [0.29, 0.717) is 12.1 Å². The number of hydrogen-bond donors (Lipinski definition) is 0. The van der Waals surface area contributed by atoms with Gasteiger partial charge in [0.1, 0.15) is 5.82 Å². The minimum absolute atomic E-state index is 0.0620. The Morgan fingerprint density at radius 3 is 2.67 bits per heavy atom. The fraction of sp³-hybridized carbons (Fsp3) is 0.158. The predicted molar refractivity (Wildman–Crippen MR) is 90.1 cm³/mol. The van der Waals surface area contributed by atoms with Crippen molar-refractivity contribution in [1.82, 2.24) is 14.7 Å². The maximum atomic E-state index is 13.2. The van der Waals surface area contributed by atoms with Crippen molar-refractivity contribution < 1.29 is 9.18 Å². The van der Waals surface area contributed by atoms with Gasteiger partial charge < -0.3 is 4.90 Å². The van der Waals surface area contributed by atoms with Gasteiger partial charge in [-0.05, 0) is 29.8 Å². The van der Waals surface area contributed by atoms with Crippen molar-refractivity contribution in [2.24, 2.45) is 0 Å². The summed E-state index contributed by atoms with van der Waals surface area (Å²) in [5.41, 5.74) is 2.58. The molecule has 0 radical (unpaired) electrons. The molecule has 0 aliphatic rings. The molecular formula is C19H18FN3O. The molecule has 0 saturated carbocycles. The summed E-state index contributed by atoms with van der Waals surface area (Å²) in [6.45, 7) is 0.459. The van der Waals surface area contributed by atoms with Crippen molar-refractivity contribution in [3.63, 3.8) is 0 Å². The second kappa shape index (κ2) is 7.08. The quantitative estimate of drug-likeness (QED) is 0.723. The number of nitrogens with zero attached hydrogens (tertiary/aromatic N) is 3. The molecule has 0 aliphatic carbocycles. The summed E-state index contributed by atoms with van der Waals surface area (Å²) in [7, 11) is 1.74. The van der Waals surface area contributed by atoms with Crippen LogP contribution in [0, 0.1) is 5.82 Å². The highest BCUT2D eigenvalue weighted by Gasteiger charge is 2.12. The molecule has 0 saturated heterocycles. The lowest BCUT2D eigenvalue weighted by Gasteiger charge is -2.16. The van der Waals surface area contributed by atoms with Crippen molar-refractivity contribution in [3.8, 4) is 5.69 Å². The molecule has 5 heteroatoms. The van der Waals surface area contributed by atoms with E-state index in [0.717, 1.165) is 11.3 Å². The summed E-state index contributed by atoms with van der Waals surface area (Å²) in [4.78, 5) is 13.9. The number of para-hydroxylation sites is 1. The molecule has 122 valence electrons.